The fraction of sp³-hybridized carbons (Fsp3) is 0.438. The first-order valence-electron chi connectivity index (χ1n) is 7.54. The maximum Gasteiger partial charge on any atom is 0.245 e. The Bertz CT molecular complexity index is 620. The molecule has 2 fully saturated rings. The van der Waals surface area contributed by atoms with E-state index >= 15 is 0 Å². The van der Waals surface area contributed by atoms with Crippen molar-refractivity contribution in [3.63, 3.8) is 0 Å². The number of nitrogens with zero attached hydrogens (tertiary/aromatic N) is 1. The highest BCUT2D eigenvalue weighted by atomic mass is 32.2. The molecule has 2 bridgehead atoms. The van der Waals surface area contributed by atoms with Gasteiger partial charge in [0.15, 0.2) is 0 Å². The number of carbonyl (C=O) groups excluding carboxylic acids is 3. The van der Waals surface area contributed by atoms with Crippen molar-refractivity contribution in [3.8, 4) is 11.5 Å². The highest BCUT2D eigenvalue weighted by Crippen LogP contribution is 2.34. The number of Topliss-reactive ketones (excluding diaryl/α,β-unsaturated/α-hetero) is 1. The van der Waals surface area contributed by atoms with E-state index < -0.39 is 0 Å². The van der Waals surface area contributed by atoms with Gasteiger partial charge in [0.05, 0.1) is 12.2 Å². The average molecular weight is 334 g/mol. The van der Waals surface area contributed by atoms with Crippen LogP contribution in [0.15, 0.2) is 24.3 Å². The van der Waals surface area contributed by atoms with Gasteiger partial charge in [-0.25, -0.2) is 5.01 Å². The molecule has 1 aliphatic carbocycles. The molecule has 5 rings (SSSR count). The minimum absolute atomic E-state index is 0.0703. The Labute approximate surface area is 138 Å². The summed E-state index contributed by atoms with van der Waals surface area (Å²) in [5.41, 5.74) is 2.46. The van der Waals surface area contributed by atoms with E-state index in [4.69, 9.17) is 4.74 Å². The molecule has 23 heavy (non-hydrogen) atoms. The van der Waals surface area contributed by atoms with Crippen LogP contribution in [0.5, 0.6) is 11.5 Å². The molecule has 3 heterocycles. The quantitative estimate of drug-likeness (QED) is 0.848. The maximum atomic E-state index is 11.4. The number of rotatable bonds is 5. The molecule has 0 spiro atoms. The van der Waals surface area contributed by atoms with Crippen molar-refractivity contribution in [2.75, 3.05) is 5.75 Å². The van der Waals surface area contributed by atoms with E-state index in [0.717, 1.165) is 24.3 Å². The van der Waals surface area contributed by atoms with Crippen LogP contribution in [0.3, 0.4) is 0 Å². The average Bonchev–Trinajstić information content (AvgIpc) is 3.34. The smallest absolute Gasteiger partial charge is 0.245 e. The van der Waals surface area contributed by atoms with E-state index in [1.54, 1.807) is 0 Å². The summed E-state index contributed by atoms with van der Waals surface area (Å²) in [5, 5.41) is 1.24. The normalized spacial score (nSPS) is 20.3. The molecule has 1 aromatic carbocycles. The largest absolute Gasteiger partial charge is 0.457 e. The zero-order valence-electron chi connectivity index (χ0n) is 12.8. The van der Waals surface area contributed by atoms with Gasteiger partial charge in [0.2, 0.25) is 11.8 Å². The fourth-order valence-electron chi connectivity index (χ4n) is 2.21. The van der Waals surface area contributed by atoms with Crippen LogP contribution < -0.4 is 10.2 Å². The fourth-order valence-corrected chi connectivity index (χ4v) is 3.38. The van der Waals surface area contributed by atoms with Crippen LogP contribution in [0, 0.1) is 5.92 Å². The maximum absolute atomic E-state index is 11.4. The number of hydrazine groups is 1. The van der Waals surface area contributed by atoms with Gasteiger partial charge in [-0.2, -0.15) is 0 Å². The van der Waals surface area contributed by atoms with Crippen molar-refractivity contribution < 1.29 is 19.1 Å². The molecule has 6 nitrogen and oxygen atoms in total. The Morgan fingerprint density at radius 2 is 2.00 bits per heavy atom. The van der Waals surface area contributed by atoms with Gasteiger partial charge in [-0.1, -0.05) is 6.07 Å². The number of ketones is 1. The van der Waals surface area contributed by atoms with E-state index in [2.05, 4.69) is 5.43 Å². The number of carbonyl (C=O) groups is 3. The van der Waals surface area contributed by atoms with Crippen LogP contribution >= 0.6 is 11.8 Å². The number of ether oxygens (including phenoxy) is 1. The van der Waals surface area contributed by atoms with E-state index in [0.29, 0.717) is 12.2 Å². The van der Waals surface area contributed by atoms with E-state index in [1.165, 1.54) is 23.7 Å². The summed E-state index contributed by atoms with van der Waals surface area (Å²) in [5.74, 6) is 2.59. The zero-order valence-corrected chi connectivity index (χ0v) is 13.6. The highest BCUT2D eigenvalue weighted by molar-refractivity contribution is 8.00. The number of hydrogen-bond acceptors (Lipinski definition) is 5. The summed E-state index contributed by atoms with van der Waals surface area (Å²) in [6, 6.07) is 7.86. The Hall–Kier alpha value is -2.02. The molecular formula is C16H18N2O4S. The molecule has 1 atom stereocenters. The van der Waals surface area contributed by atoms with Gasteiger partial charge in [0.1, 0.15) is 22.7 Å². The molecule has 2 amide bonds. The first-order chi connectivity index (χ1) is 11.0. The predicted octanol–water partition coefficient (Wildman–Crippen LogP) is 2.10. The van der Waals surface area contributed by atoms with Crippen molar-refractivity contribution in [2.45, 2.75) is 31.6 Å². The Morgan fingerprint density at radius 3 is 2.39 bits per heavy atom. The lowest BCUT2D eigenvalue weighted by atomic mass is 10.2. The lowest BCUT2D eigenvalue weighted by Gasteiger charge is -2.38. The second-order valence-corrected chi connectivity index (χ2v) is 6.89. The molecule has 1 saturated carbocycles. The van der Waals surface area contributed by atoms with E-state index in [1.807, 2.05) is 24.3 Å². The molecule has 0 aromatic heterocycles. The molecule has 1 saturated heterocycles. The van der Waals surface area contributed by atoms with E-state index in [-0.39, 0.29) is 28.9 Å². The van der Waals surface area contributed by atoms with Gasteiger partial charge < -0.3 is 4.74 Å². The van der Waals surface area contributed by atoms with Crippen LogP contribution in [-0.2, 0) is 14.4 Å². The number of amides is 2. The van der Waals surface area contributed by atoms with Gasteiger partial charge >= 0.3 is 0 Å². The van der Waals surface area contributed by atoms with Crippen molar-refractivity contribution >= 4 is 29.4 Å². The molecule has 3 aliphatic heterocycles. The Morgan fingerprint density at radius 1 is 1.35 bits per heavy atom. The molecule has 0 radical (unpaired) electrons. The summed E-state index contributed by atoms with van der Waals surface area (Å²) in [4.78, 5) is 33.4. The third-order valence-electron chi connectivity index (χ3n) is 3.68. The minimum Gasteiger partial charge on any atom is -0.457 e. The molecule has 122 valence electrons. The number of hydrogen-bond donors (Lipinski definition) is 1. The molecule has 7 heteroatoms. The van der Waals surface area contributed by atoms with Crippen LogP contribution in [0.2, 0.25) is 0 Å². The van der Waals surface area contributed by atoms with Crippen LogP contribution in [0.4, 0.5) is 0 Å². The summed E-state index contributed by atoms with van der Waals surface area (Å²) in [6.07, 6.45) is 2.43. The van der Waals surface area contributed by atoms with Crippen molar-refractivity contribution in [1.82, 2.24) is 10.4 Å². The first kappa shape index (κ1) is 15.9. The summed E-state index contributed by atoms with van der Waals surface area (Å²) >= 11 is 1.43. The van der Waals surface area contributed by atoms with Gasteiger partial charge in [0.25, 0.3) is 0 Å². The molecule has 1 N–H and O–H groups in total. The number of benzene rings is 1. The number of nitrogens with one attached hydrogen (secondary N) is 1. The molecule has 1 aromatic rings. The van der Waals surface area contributed by atoms with Crippen LogP contribution in [0.25, 0.3) is 0 Å². The third kappa shape index (κ3) is 4.04. The van der Waals surface area contributed by atoms with Gasteiger partial charge in [-0.05, 0) is 25.0 Å². The Balaban J connectivity index is 0.000000183. The number of thioether (sulfide) groups is 1. The van der Waals surface area contributed by atoms with Gasteiger partial charge in [-0.3, -0.25) is 19.8 Å². The second kappa shape index (κ2) is 6.62. The van der Waals surface area contributed by atoms with Crippen molar-refractivity contribution in [3.05, 3.63) is 24.3 Å². The lowest BCUT2D eigenvalue weighted by Crippen LogP contribution is -2.59. The number of fused-ring (bicyclic) bond motifs is 2. The standard InChI is InChI=1S/C10H14N2O3S.C6H4O/c1-6(13)11-12-9(15)4-10(12)16-5-8(14)7-2-3-7;1-2-5-4-6(3-1)7-5/h7,10H,2-5H2,1H3,(H,11,13);1-4H/t10-;/m1./s1. The highest BCUT2D eigenvalue weighted by Gasteiger charge is 2.39. The lowest BCUT2D eigenvalue weighted by molar-refractivity contribution is -0.151. The predicted molar refractivity (Wildman–Crippen MR) is 85.8 cm³/mol. The topological polar surface area (TPSA) is 75.7 Å². The molecular weight excluding hydrogens is 316 g/mol. The van der Waals surface area contributed by atoms with Crippen LogP contribution in [0.1, 0.15) is 26.2 Å². The summed E-state index contributed by atoms with van der Waals surface area (Å²) in [7, 11) is 0. The van der Waals surface area contributed by atoms with E-state index in [9.17, 15) is 14.4 Å². The van der Waals surface area contributed by atoms with Crippen LogP contribution in [-0.4, -0.2) is 33.7 Å². The molecule has 4 aliphatic rings. The number of β-lactam (4-membered cyclic amide) rings is 1. The minimum atomic E-state index is -0.257. The third-order valence-corrected chi connectivity index (χ3v) is 4.89. The monoisotopic (exact) mass is 334 g/mol. The zero-order chi connectivity index (χ0) is 16.4. The molecule has 0 unspecified atom stereocenters. The SMILES string of the molecule is CC(=O)NN1C(=O)C[C@H]1SCC(=O)C1CC1.c1cc2cc(c1)O2. The second-order valence-electron chi connectivity index (χ2n) is 5.72. The summed E-state index contributed by atoms with van der Waals surface area (Å²) in [6.45, 7) is 1.36. The van der Waals surface area contributed by atoms with Gasteiger partial charge in [0, 0.05) is 18.9 Å². The first-order valence-corrected chi connectivity index (χ1v) is 8.59. The Kier molecular flexibility index (Phi) is 4.56. The van der Waals surface area contributed by atoms with Crippen molar-refractivity contribution in [1.29, 1.82) is 0 Å². The van der Waals surface area contributed by atoms with Gasteiger partial charge in [-0.15, -0.1) is 11.8 Å². The van der Waals surface area contributed by atoms with Crippen molar-refractivity contribution in [2.24, 2.45) is 5.92 Å². The summed E-state index contributed by atoms with van der Waals surface area (Å²) < 4.78 is 5.01.